The Bertz CT molecular complexity index is 447. The average Bonchev–Trinajstić information content (AvgIpc) is 2.75. The summed E-state index contributed by atoms with van der Waals surface area (Å²) < 4.78 is 7.99. The molecule has 1 N–H and O–H groups in total. The van der Waals surface area contributed by atoms with E-state index in [0.717, 1.165) is 4.47 Å². The number of rotatable bonds is 7. The van der Waals surface area contributed by atoms with Gasteiger partial charge in [-0.15, -0.1) is 0 Å². The molecule has 0 saturated heterocycles. The Morgan fingerprint density at radius 2 is 2.20 bits per heavy atom. The summed E-state index contributed by atoms with van der Waals surface area (Å²) in [5.74, 6) is -0.216. The van der Waals surface area contributed by atoms with Gasteiger partial charge in [-0.2, -0.15) is 5.10 Å². The number of hydrogen-bond donors (Lipinski definition) is 1. The lowest BCUT2D eigenvalue weighted by Crippen LogP contribution is -2.54. The van der Waals surface area contributed by atoms with Gasteiger partial charge in [0.25, 0.3) is 0 Å². The maximum Gasteiger partial charge on any atom is 0.326 e. The summed E-state index contributed by atoms with van der Waals surface area (Å²) in [6.45, 7) is 10.2. The second-order valence-corrected chi connectivity index (χ2v) is 6.46. The van der Waals surface area contributed by atoms with Gasteiger partial charge in [-0.05, 0) is 57.0 Å². The number of nitrogens with one attached hydrogen (secondary N) is 1. The molecule has 114 valence electrons. The monoisotopic (exact) mass is 345 g/mol. The summed E-state index contributed by atoms with van der Waals surface area (Å²) in [5.41, 5.74) is -0.720. The van der Waals surface area contributed by atoms with E-state index in [1.54, 1.807) is 6.20 Å². The molecule has 0 spiro atoms. The lowest BCUT2D eigenvalue weighted by atomic mass is 9.92. The van der Waals surface area contributed by atoms with Crippen molar-refractivity contribution in [3.05, 3.63) is 16.9 Å². The van der Waals surface area contributed by atoms with Crippen molar-refractivity contribution in [1.82, 2.24) is 15.1 Å². The van der Waals surface area contributed by atoms with Crippen LogP contribution in [0, 0.1) is 0 Å². The maximum atomic E-state index is 12.2. The Labute approximate surface area is 129 Å². The lowest BCUT2D eigenvalue weighted by Gasteiger charge is -2.33. The number of carbonyl (C=O) groups is 1. The fourth-order valence-corrected chi connectivity index (χ4v) is 2.67. The predicted molar refractivity (Wildman–Crippen MR) is 82.6 cm³/mol. The topological polar surface area (TPSA) is 56.2 Å². The average molecular weight is 346 g/mol. The Balaban J connectivity index is 2.86. The fraction of sp³-hybridized carbons (Fsp3) is 0.714. The van der Waals surface area contributed by atoms with E-state index in [9.17, 15) is 4.79 Å². The van der Waals surface area contributed by atoms with Crippen LogP contribution in [0.3, 0.4) is 0 Å². The summed E-state index contributed by atoms with van der Waals surface area (Å²) in [7, 11) is 0. The number of esters is 1. The van der Waals surface area contributed by atoms with Gasteiger partial charge in [-0.3, -0.25) is 14.8 Å². The SMILES string of the molecule is CCOC(=O)C(C)(CC(C)n1cc(Br)cn1)NC(C)C. The van der Waals surface area contributed by atoms with Crippen LogP contribution in [0.25, 0.3) is 0 Å². The first kappa shape index (κ1) is 17.2. The molecule has 5 nitrogen and oxygen atoms in total. The van der Waals surface area contributed by atoms with E-state index in [1.807, 2.05) is 45.5 Å². The zero-order valence-electron chi connectivity index (χ0n) is 12.8. The van der Waals surface area contributed by atoms with Crippen molar-refractivity contribution in [2.24, 2.45) is 0 Å². The minimum atomic E-state index is -0.720. The summed E-state index contributed by atoms with van der Waals surface area (Å²) in [4.78, 5) is 12.2. The molecule has 0 aliphatic heterocycles. The third-order valence-corrected chi connectivity index (χ3v) is 3.47. The first-order valence-electron chi connectivity index (χ1n) is 6.93. The lowest BCUT2D eigenvalue weighted by molar-refractivity contribution is -0.151. The van der Waals surface area contributed by atoms with Gasteiger partial charge < -0.3 is 4.74 Å². The Morgan fingerprint density at radius 1 is 1.55 bits per heavy atom. The van der Waals surface area contributed by atoms with Crippen LogP contribution in [-0.2, 0) is 9.53 Å². The Kier molecular flexibility index (Phi) is 6.20. The van der Waals surface area contributed by atoms with Crippen LogP contribution in [0.5, 0.6) is 0 Å². The highest BCUT2D eigenvalue weighted by Gasteiger charge is 2.37. The maximum absolute atomic E-state index is 12.2. The number of hydrogen-bond acceptors (Lipinski definition) is 4. The van der Waals surface area contributed by atoms with Gasteiger partial charge >= 0.3 is 5.97 Å². The zero-order chi connectivity index (χ0) is 15.3. The van der Waals surface area contributed by atoms with Crippen molar-refractivity contribution >= 4 is 21.9 Å². The van der Waals surface area contributed by atoms with Gasteiger partial charge in [-0.25, -0.2) is 0 Å². The van der Waals surface area contributed by atoms with Crippen molar-refractivity contribution in [3.63, 3.8) is 0 Å². The second-order valence-electron chi connectivity index (χ2n) is 5.54. The Morgan fingerprint density at radius 3 is 2.65 bits per heavy atom. The molecular weight excluding hydrogens is 322 g/mol. The number of aromatic nitrogens is 2. The van der Waals surface area contributed by atoms with Crippen LogP contribution < -0.4 is 5.32 Å². The predicted octanol–water partition coefficient (Wildman–Crippen LogP) is 2.92. The molecule has 0 saturated carbocycles. The standard InChI is InChI=1S/C14H24BrN3O2/c1-6-20-13(19)14(5,17-10(2)3)7-11(4)18-9-12(15)8-16-18/h8-11,17H,6-7H2,1-5H3. The largest absolute Gasteiger partial charge is 0.465 e. The molecule has 6 heteroatoms. The summed E-state index contributed by atoms with van der Waals surface area (Å²) in [6, 6.07) is 0.280. The fourth-order valence-electron chi connectivity index (χ4n) is 2.37. The van der Waals surface area contributed by atoms with E-state index in [0.29, 0.717) is 13.0 Å². The van der Waals surface area contributed by atoms with Crippen molar-refractivity contribution in [2.75, 3.05) is 6.61 Å². The van der Waals surface area contributed by atoms with E-state index in [4.69, 9.17) is 4.74 Å². The molecule has 0 radical (unpaired) electrons. The van der Waals surface area contributed by atoms with Crippen LogP contribution in [-0.4, -0.2) is 33.9 Å². The third-order valence-electron chi connectivity index (χ3n) is 3.06. The highest BCUT2D eigenvalue weighted by Crippen LogP contribution is 2.23. The quantitative estimate of drug-likeness (QED) is 0.772. The molecule has 0 aliphatic carbocycles. The van der Waals surface area contributed by atoms with Gasteiger partial charge in [0, 0.05) is 12.2 Å². The van der Waals surface area contributed by atoms with Gasteiger partial charge in [0.15, 0.2) is 0 Å². The molecular formula is C14H24BrN3O2. The summed E-state index contributed by atoms with van der Waals surface area (Å²) in [5, 5.41) is 7.60. The summed E-state index contributed by atoms with van der Waals surface area (Å²) in [6.07, 6.45) is 4.26. The van der Waals surface area contributed by atoms with Crippen molar-refractivity contribution in [1.29, 1.82) is 0 Å². The normalized spacial score (nSPS) is 15.9. The molecule has 2 atom stereocenters. The second kappa shape index (κ2) is 7.22. The van der Waals surface area contributed by atoms with Gasteiger partial charge in [0.05, 0.1) is 23.3 Å². The number of nitrogens with zero attached hydrogens (tertiary/aromatic N) is 2. The van der Waals surface area contributed by atoms with Crippen molar-refractivity contribution < 1.29 is 9.53 Å². The number of ether oxygens (including phenoxy) is 1. The minimum absolute atomic E-state index is 0.0851. The van der Waals surface area contributed by atoms with Crippen LogP contribution >= 0.6 is 15.9 Å². The van der Waals surface area contributed by atoms with Crippen LogP contribution in [0.1, 0.15) is 47.1 Å². The number of carbonyl (C=O) groups excluding carboxylic acids is 1. The highest BCUT2D eigenvalue weighted by atomic mass is 79.9. The summed E-state index contributed by atoms with van der Waals surface area (Å²) >= 11 is 3.38. The highest BCUT2D eigenvalue weighted by molar-refractivity contribution is 9.10. The first-order valence-corrected chi connectivity index (χ1v) is 7.72. The molecule has 0 fully saturated rings. The van der Waals surface area contributed by atoms with Crippen LogP contribution in [0.4, 0.5) is 0 Å². The van der Waals surface area contributed by atoms with E-state index in [2.05, 4.69) is 26.3 Å². The minimum Gasteiger partial charge on any atom is -0.465 e. The van der Waals surface area contributed by atoms with Crippen molar-refractivity contribution in [3.8, 4) is 0 Å². The Hall–Kier alpha value is -0.880. The van der Waals surface area contributed by atoms with Gasteiger partial charge in [0.2, 0.25) is 0 Å². The molecule has 2 unspecified atom stereocenters. The molecule has 1 rings (SSSR count). The molecule has 0 aromatic carbocycles. The van der Waals surface area contributed by atoms with E-state index >= 15 is 0 Å². The van der Waals surface area contributed by atoms with Gasteiger partial charge in [-0.1, -0.05) is 0 Å². The number of halogens is 1. The molecule has 1 aromatic rings. The van der Waals surface area contributed by atoms with Crippen molar-refractivity contribution in [2.45, 2.75) is 58.7 Å². The third kappa shape index (κ3) is 4.59. The van der Waals surface area contributed by atoms with Crippen LogP contribution in [0.15, 0.2) is 16.9 Å². The molecule has 1 aromatic heterocycles. The molecule has 20 heavy (non-hydrogen) atoms. The first-order chi connectivity index (χ1) is 9.28. The van der Waals surface area contributed by atoms with Crippen LogP contribution in [0.2, 0.25) is 0 Å². The van der Waals surface area contributed by atoms with E-state index < -0.39 is 5.54 Å². The molecule has 0 amide bonds. The van der Waals surface area contributed by atoms with E-state index in [-0.39, 0.29) is 18.1 Å². The smallest absolute Gasteiger partial charge is 0.326 e. The van der Waals surface area contributed by atoms with E-state index in [1.165, 1.54) is 0 Å². The molecule has 0 aliphatic rings. The molecule has 1 heterocycles. The van der Waals surface area contributed by atoms with Gasteiger partial charge in [0.1, 0.15) is 5.54 Å². The zero-order valence-corrected chi connectivity index (χ0v) is 14.4. The molecule has 0 bridgehead atoms.